The smallest absolute Gasteiger partial charge is 0.0398 e. The van der Waals surface area contributed by atoms with Crippen LogP contribution in [0.25, 0.3) is 0 Å². The molecular weight excluding hydrogens is 144 g/mol. The lowest BCUT2D eigenvalue weighted by atomic mass is 10.2. The molecule has 0 radical (unpaired) electrons. The van der Waals surface area contributed by atoms with Crippen LogP contribution in [0, 0.1) is 0 Å². The average molecular weight is 166 g/mol. The molecule has 0 amide bonds. The Hall–Kier alpha value is -0.780. The van der Waals surface area contributed by atoms with E-state index in [1.165, 1.54) is 12.0 Å². The molecule has 0 rings (SSSR count). The van der Waals surface area contributed by atoms with E-state index in [1.807, 2.05) is 19.9 Å². The molecule has 0 bridgehead atoms. The van der Waals surface area contributed by atoms with Gasteiger partial charge in [0.15, 0.2) is 0 Å². The summed E-state index contributed by atoms with van der Waals surface area (Å²) in [7, 11) is 0. The standard InChI is InChI=1S/C9H14.C3H8/c1-5-6-9(4)7-8(2)3;1-3-2/h5-7H,2H2,1,3-4H3;3H2,1-2H3/b6-5-,9-7-;. The van der Waals surface area contributed by atoms with Crippen molar-refractivity contribution in [3.63, 3.8) is 0 Å². The van der Waals surface area contributed by atoms with Crippen LogP contribution in [0.3, 0.4) is 0 Å². The Morgan fingerprint density at radius 3 is 1.92 bits per heavy atom. The van der Waals surface area contributed by atoms with E-state index in [9.17, 15) is 0 Å². The summed E-state index contributed by atoms with van der Waals surface area (Å²) in [5.41, 5.74) is 2.36. The second kappa shape index (κ2) is 10.2. The number of rotatable bonds is 2. The van der Waals surface area contributed by atoms with Crippen LogP contribution < -0.4 is 0 Å². The van der Waals surface area contributed by atoms with E-state index in [0.717, 1.165) is 5.57 Å². The van der Waals surface area contributed by atoms with E-state index in [2.05, 4.69) is 39.5 Å². The highest BCUT2D eigenvalue weighted by atomic mass is 13.8. The fourth-order valence-corrected chi connectivity index (χ4v) is 0.700. The van der Waals surface area contributed by atoms with Gasteiger partial charge in [-0.3, -0.25) is 0 Å². The van der Waals surface area contributed by atoms with E-state index >= 15 is 0 Å². The fraction of sp³-hybridized carbons (Fsp3) is 0.500. The molecule has 0 heterocycles. The zero-order valence-electron chi connectivity index (χ0n) is 9.15. The number of hydrogen-bond acceptors (Lipinski definition) is 0. The third kappa shape index (κ3) is 16.1. The van der Waals surface area contributed by atoms with Crippen LogP contribution in [0.1, 0.15) is 41.0 Å². The molecule has 0 unspecified atom stereocenters. The highest BCUT2D eigenvalue weighted by Gasteiger charge is 1.78. The first-order valence-corrected chi connectivity index (χ1v) is 4.54. The zero-order valence-corrected chi connectivity index (χ0v) is 9.15. The van der Waals surface area contributed by atoms with Gasteiger partial charge in [0.2, 0.25) is 0 Å². The first-order chi connectivity index (χ1) is 5.58. The maximum absolute atomic E-state index is 3.77. The molecule has 0 aliphatic heterocycles. The van der Waals surface area contributed by atoms with Gasteiger partial charge in [-0.15, -0.1) is 0 Å². The van der Waals surface area contributed by atoms with Gasteiger partial charge in [0.1, 0.15) is 0 Å². The summed E-state index contributed by atoms with van der Waals surface area (Å²) in [5.74, 6) is 0. The lowest BCUT2D eigenvalue weighted by Crippen LogP contribution is -1.68. The predicted molar refractivity (Wildman–Crippen MR) is 59.4 cm³/mol. The van der Waals surface area contributed by atoms with Crippen molar-refractivity contribution in [3.8, 4) is 0 Å². The second-order valence-electron chi connectivity index (χ2n) is 2.94. The summed E-state index contributed by atoms with van der Waals surface area (Å²) in [6, 6.07) is 0. The summed E-state index contributed by atoms with van der Waals surface area (Å²) >= 11 is 0. The molecule has 0 aromatic carbocycles. The van der Waals surface area contributed by atoms with Gasteiger partial charge in [-0.1, -0.05) is 56.2 Å². The van der Waals surface area contributed by atoms with Crippen LogP contribution in [0.2, 0.25) is 0 Å². The Morgan fingerprint density at radius 2 is 1.67 bits per heavy atom. The molecule has 0 atom stereocenters. The van der Waals surface area contributed by atoms with Crippen molar-refractivity contribution in [2.45, 2.75) is 41.0 Å². The summed E-state index contributed by atoms with van der Waals surface area (Å²) < 4.78 is 0. The summed E-state index contributed by atoms with van der Waals surface area (Å²) in [6.45, 7) is 14.1. The van der Waals surface area contributed by atoms with E-state index in [-0.39, 0.29) is 0 Å². The van der Waals surface area contributed by atoms with Gasteiger partial charge in [-0.2, -0.15) is 0 Å². The molecule has 0 aromatic rings. The zero-order chi connectivity index (χ0) is 9.98. The Balaban J connectivity index is 0. The molecule has 0 aliphatic rings. The molecule has 0 spiro atoms. The number of hydrogen-bond donors (Lipinski definition) is 0. The van der Waals surface area contributed by atoms with E-state index < -0.39 is 0 Å². The van der Waals surface area contributed by atoms with Crippen molar-refractivity contribution in [1.82, 2.24) is 0 Å². The summed E-state index contributed by atoms with van der Waals surface area (Å²) in [6.07, 6.45) is 7.39. The third-order valence-electron chi connectivity index (χ3n) is 0.904. The molecule has 0 saturated heterocycles. The van der Waals surface area contributed by atoms with Crippen LogP contribution in [0.5, 0.6) is 0 Å². The third-order valence-corrected chi connectivity index (χ3v) is 0.904. The molecule has 0 N–H and O–H groups in total. The van der Waals surface area contributed by atoms with Crippen LogP contribution in [0.4, 0.5) is 0 Å². The monoisotopic (exact) mass is 166 g/mol. The Morgan fingerprint density at radius 1 is 1.25 bits per heavy atom. The highest BCUT2D eigenvalue weighted by molar-refractivity contribution is 5.24. The minimum Gasteiger partial charge on any atom is -0.0961 e. The predicted octanol–water partition coefficient (Wildman–Crippen LogP) is 4.50. The van der Waals surface area contributed by atoms with Gasteiger partial charge in [-0.05, 0) is 20.8 Å². The number of allylic oxidation sites excluding steroid dienone is 5. The lowest BCUT2D eigenvalue weighted by molar-refractivity contribution is 1.09. The van der Waals surface area contributed by atoms with Crippen molar-refractivity contribution in [2.24, 2.45) is 0 Å². The fourth-order valence-electron chi connectivity index (χ4n) is 0.700. The van der Waals surface area contributed by atoms with Gasteiger partial charge < -0.3 is 0 Å². The quantitative estimate of drug-likeness (QED) is 0.530. The molecule has 0 aromatic heterocycles. The van der Waals surface area contributed by atoms with Crippen molar-refractivity contribution < 1.29 is 0 Å². The van der Waals surface area contributed by atoms with Crippen LogP contribution in [0.15, 0.2) is 36.0 Å². The molecule has 70 valence electrons. The molecule has 0 saturated carbocycles. The van der Waals surface area contributed by atoms with Crippen LogP contribution in [-0.2, 0) is 0 Å². The van der Waals surface area contributed by atoms with Crippen LogP contribution in [-0.4, -0.2) is 0 Å². The van der Waals surface area contributed by atoms with Gasteiger partial charge >= 0.3 is 0 Å². The van der Waals surface area contributed by atoms with E-state index in [1.54, 1.807) is 0 Å². The largest absolute Gasteiger partial charge is 0.0961 e. The van der Waals surface area contributed by atoms with Crippen LogP contribution >= 0.6 is 0 Å². The van der Waals surface area contributed by atoms with Crippen molar-refractivity contribution in [1.29, 1.82) is 0 Å². The molecule has 12 heavy (non-hydrogen) atoms. The van der Waals surface area contributed by atoms with E-state index in [4.69, 9.17) is 0 Å². The minimum absolute atomic E-state index is 1.10. The SMILES string of the molecule is C=C(C)/C=C(C)\C=C/C.CCC. The molecule has 0 heteroatoms. The Kier molecular flexibility index (Phi) is 11.7. The highest BCUT2D eigenvalue weighted by Crippen LogP contribution is 1.99. The van der Waals surface area contributed by atoms with E-state index in [0.29, 0.717) is 0 Å². The van der Waals surface area contributed by atoms with Gasteiger partial charge in [0.25, 0.3) is 0 Å². The molecule has 0 fully saturated rings. The van der Waals surface area contributed by atoms with Gasteiger partial charge in [-0.25, -0.2) is 0 Å². The Labute approximate surface area is 77.7 Å². The van der Waals surface area contributed by atoms with Gasteiger partial charge in [0, 0.05) is 0 Å². The normalized spacial score (nSPS) is 10.9. The average Bonchev–Trinajstić information content (AvgIpc) is 1.87. The first kappa shape index (κ1) is 13.8. The first-order valence-electron chi connectivity index (χ1n) is 4.54. The van der Waals surface area contributed by atoms with Gasteiger partial charge in [0.05, 0.1) is 0 Å². The molecular formula is C12H22. The Bertz CT molecular complexity index is 159. The maximum Gasteiger partial charge on any atom is -0.0398 e. The van der Waals surface area contributed by atoms with Crippen molar-refractivity contribution >= 4 is 0 Å². The lowest BCUT2D eigenvalue weighted by Gasteiger charge is -1.89. The summed E-state index contributed by atoms with van der Waals surface area (Å²) in [5, 5.41) is 0. The maximum atomic E-state index is 3.77. The minimum atomic E-state index is 1.10. The topological polar surface area (TPSA) is 0 Å². The van der Waals surface area contributed by atoms with Crippen molar-refractivity contribution in [2.75, 3.05) is 0 Å². The van der Waals surface area contributed by atoms with Crippen molar-refractivity contribution in [3.05, 3.63) is 36.0 Å². The second-order valence-corrected chi connectivity index (χ2v) is 2.94. The molecule has 0 aliphatic carbocycles. The molecule has 0 nitrogen and oxygen atoms in total. The summed E-state index contributed by atoms with van der Waals surface area (Å²) in [4.78, 5) is 0.